The number of amides is 4. The third-order valence-electron chi connectivity index (χ3n) is 4.94. The molecule has 0 fully saturated rings. The van der Waals surface area contributed by atoms with Crippen LogP contribution in [0.5, 0.6) is 0 Å². The molecule has 4 atom stereocenters. The summed E-state index contributed by atoms with van der Waals surface area (Å²) in [6.07, 6.45) is 1.22. The van der Waals surface area contributed by atoms with Crippen molar-refractivity contribution >= 4 is 41.5 Å². The van der Waals surface area contributed by atoms with Gasteiger partial charge in [0, 0.05) is 24.9 Å². The van der Waals surface area contributed by atoms with Crippen LogP contribution in [0.15, 0.2) is 17.5 Å². The van der Waals surface area contributed by atoms with Crippen LogP contribution in [0.4, 0.5) is 0 Å². The lowest BCUT2D eigenvalue weighted by atomic mass is 10.1. The fourth-order valence-electron chi connectivity index (χ4n) is 3.10. The van der Waals surface area contributed by atoms with Gasteiger partial charge in [0.05, 0.1) is 25.2 Å². The largest absolute Gasteiger partial charge is 0.481 e. The molecular weight excluding hydrogens is 508 g/mol. The first kappa shape index (κ1) is 31.3. The molecule has 14 N–H and O–H groups in total. The van der Waals surface area contributed by atoms with Gasteiger partial charge in [-0.1, -0.05) is 0 Å². The van der Waals surface area contributed by atoms with Gasteiger partial charge in [-0.05, 0) is 12.8 Å². The summed E-state index contributed by atoms with van der Waals surface area (Å²) in [4.78, 5) is 82.4. The smallest absolute Gasteiger partial charge is 0.326 e. The van der Waals surface area contributed by atoms with Crippen molar-refractivity contribution in [3.8, 4) is 0 Å². The topological polar surface area (TPSA) is 324 Å². The molecule has 18 nitrogen and oxygen atoms in total. The maximum atomic E-state index is 13.0. The number of hydrogen-bond acceptors (Lipinski definition) is 9. The van der Waals surface area contributed by atoms with Crippen molar-refractivity contribution in [1.29, 1.82) is 0 Å². The number of aliphatic imine (C=N–C) groups is 1. The van der Waals surface area contributed by atoms with Crippen LogP contribution in [0.25, 0.3) is 0 Å². The van der Waals surface area contributed by atoms with Crippen molar-refractivity contribution in [1.82, 2.24) is 25.9 Å². The van der Waals surface area contributed by atoms with Crippen molar-refractivity contribution in [2.45, 2.75) is 56.3 Å². The Morgan fingerprint density at radius 1 is 0.921 bits per heavy atom. The second-order valence-corrected chi connectivity index (χ2v) is 8.13. The lowest BCUT2D eigenvalue weighted by Crippen LogP contribution is -2.58. The Kier molecular flexibility index (Phi) is 12.7. The van der Waals surface area contributed by atoms with Gasteiger partial charge in [0.25, 0.3) is 0 Å². The van der Waals surface area contributed by atoms with Gasteiger partial charge < -0.3 is 54.1 Å². The summed E-state index contributed by atoms with van der Waals surface area (Å²) < 4.78 is 0. The summed E-state index contributed by atoms with van der Waals surface area (Å²) in [5, 5.41) is 25.1. The molecule has 0 radical (unpaired) electrons. The highest BCUT2D eigenvalue weighted by Crippen LogP contribution is 2.05. The summed E-state index contributed by atoms with van der Waals surface area (Å²) in [6, 6.07) is -5.88. The molecule has 0 saturated carbocycles. The Balaban J connectivity index is 3.06. The highest BCUT2D eigenvalue weighted by atomic mass is 16.4. The van der Waals surface area contributed by atoms with Gasteiger partial charge in [-0.3, -0.25) is 29.0 Å². The molecule has 0 bridgehead atoms. The van der Waals surface area contributed by atoms with Gasteiger partial charge in [-0.15, -0.1) is 0 Å². The Bertz CT molecular complexity index is 1030. The van der Waals surface area contributed by atoms with Gasteiger partial charge in [0.2, 0.25) is 23.6 Å². The number of nitrogens with one attached hydrogen (secondary N) is 4. The molecule has 0 aliphatic rings. The molecular formula is C20H32N10O8. The standard InChI is InChI=1S/C20H32N10O8/c21-10(5-15(32)33)16(34)29-12(6-14(22)31)18(36)28-11(2-1-3-26-20(23)24)17(35)30-13(19(37)38)4-9-7-25-8-27-9/h7-8,10-13H,1-6,21H2,(H2,22,31)(H,25,27)(H,28,36)(H,29,34)(H,30,35)(H,32,33)(H,37,38)(H4,23,24,26). The van der Waals surface area contributed by atoms with E-state index in [0.717, 1.165) is 0 Å². The van der Waals surface area contributed by atoms with Gasteiger partial charge >= 0.3 is 11.9 Å². The highest BCUT2D eigenvalue weighted by Gasteiger charge is 2.31. The van der Waals surface area contributed by atoms with Crippen LogP contribution in [0.2, 0.25) is 0 Å². The van der Waals surface area contributed by atoms with Crippen LogP contribution >= 0.6 is 0 Å². The number of aliphatic carboxylic acids is 2. The minimum Gasteiger partial charge on any atom is -0.481 e. The number of rotatable bonds is 17. The fraction of sp³-hybridized carbons (Fsp3) is 0.500. The maximum absolute atomic E-state index is 13.0. The first-order chi connectivity index (χ1) is 17.8. The quantitative estimate of drug-likeness (QED) is 0.0505. The molecule has 1 aromatic rings. The Morgan fingerprint density at radius 2 is 1.53 bits per heavy atom. The van der Waals surface area contributed by atoms with E-state index < -0.39 is 72.6 Å². The number of primary amides is 1. The van der Waals surface area contributed by atoms with Crippen LogP contribution in [0.1, 0.15) is 31.4 Å². The maximum Gasteiger partial charge on any atom is 0.326 e. The molecule has 0 aliphatic heterocycles. The number of H-pyrrole nitrogens is 1. The molecule has 4 amide bonds. The number of carbonyl (C=O) groups is 6. The zero-order valence-corrected chi connectivity index (χ0v) is 20.3. The predicted octanol–water partition coefficient (Wildman–Crippen LogP) is -4.78. The SMILES string of the molecule is NC(=O)CC(NC(=O)C(N)CC(=O)O)C(=O)NC(CCCN=C(N)N)C(=O)NC(Cc1cnc[nH]1)C(=O)O. The van der Waals surface area contributed by atoms with Crippen LogP contribution in [0, 0.1) is 0 Å². The van der Waals surface area contributed by atoms with Gasteiger partial charge in [0.1, 0.15) is 18.1 Å². The number of carboxylic acid groups (broad SMARTS) is 2. The van der Waals surface area contributed by atoms with E-state index in [1.165, 1.54) is 12.5 Å². The van der Waals surface area contributed by atoms with Gasteiger partial charge in [-0.25, -0.2) is 9.78 Å². The number of aromatic nitrogens is 2. The van der Waals surface area contributed by atoms with E-state index in [9.17, 15) is 33.9 Å². The molecule has 0 aliphatic carbocycles. The summed E-state index contributed by atoms with van der Waals surface area (Å²) in [6.45, 7) is 0.0734. The summed E-state index contributed by atoms with van der Waals surface area (Å²) >= 11 is 0. The minimum absolute atomic E-state index is 0.0689. The average molecular weight is 541 g/mol. The molecule has 18 heteroatoms. The molecule has 4 unspecified atom stereocenters. The van der Waals surface area contributed by atoms with E-state index in [1.54, 1.807) is 0 Å². The predicted molar refractivity (Wildman–Crippen MR) is 130 cm³/mol. The molecule has 1 aromatic heterocycles. The highest BCUT2D eigenvalue weighted by molar-refractivity contribution is 5.96. The average Bonchev–Trinajstić information content (AvgIpc) is 3.32. The Labute approximate surface area is 216 Å². The Morgan fingerprint density at radius 3 is 2.05 bits per heavy atom. The number of hydrogen-bond donors (Lipinski definition) is 10. The minimum atomic E-state index is -1.60. The summed E-state index contributed by atoms with van der Waals surface area (Å²) in [7, 11) is 0. The van der Waals surface area contributed by atoms with Crippen LogP contribution in [-0.4, -0.2) is 92.4 Å². The number of carbonyl (C=O) groups excluding carboxylic acids is 4. The number of guanidine groups is 1. The van der Waals surface area contributed by atoms with E-state index in [1.807, 2.05) is 0 Å². The monoisotopic (exact) mass is 540 g/mol. The number of imidazole rings is 1. The molecule has 38 heavy (non-hydrogen) atoms. The van der Waals surface area contributed by atoms with Crippen LogP contribution in [0.3, 0.4) is 0 Å². The van der Waals surface area contributed by atoms with Crippen molar-refractivity contribution in [2.24, 2.45) is 27.9 Å². The first-order valence-electron chi connectivity index (χ1n) is 11.2. The molecule has 1 rings (SSSR count). The lowest BCUT2D eigenvalue weighted by Gasteiger charge is -2.24. The van der Waals surface area contributed by atoms with Crippen LogP contribution < -0.4 is 38.9 Å². The van der Waals surface area contributed by atoms with Crippen molar-refractivity contribution in [2.75, 3.05) is 6.54 Å². The van der Waals surface area contributed by atoms with E-state index >= 15 is 0 Å². The molecule has 0 aromatic carbocycles. The number of aromatic amines is 1. The summed E-state index contributed by atoms with van der Waals surface area (Å²) in [5.74, 6) is -6.88. The summed E-state index contributed by atoms with van der Waals surface area (Å²) in [5.41, 5.74) is 21.6. The third-order valence-corrected chi connectivity index (χ3v) is 4.94. The third kappa shape index (κ3) is 11.8. The van der Waals surface area contributed by atoms with E-state index in [2.05, 4.69) is 30.9 Å². The lowest BCUT2D eigenvalue weighted by molar-refractivity contribution is -0.142. The van der Waals surface area contributed by atoms with Gasteiger partial charge in [0.15, 0.2) is 5.96 Å². The molecule has 0 saturated heterocycles. The number of carboxylic acids is 2. The number of nitrogens with zero attached hydrogens (tertiary/aromatic N) is 2. The van der Waals surface area contributed by atoms with Gasteiger partial charge in [-0.2, -0.15) is 0 Å². The number of nitrogens with two attached hydrogens (primary N) is 4. The van der Waals surface area contributed by atoms with Crippen molar-refractivity contribution in [3.05, 3.63) is 18.2 Å². The van der Waals surface area contributed by atoms with Crippen LogP contribution in [-0.2, 0) is 35.2 Å². The normalized spacial score (nSPS) is 13.7. The Hall–Kier alpha value is -4.74. The first-order valence-corrected chi connectivity index (χ1v) is 11.2. The zero-order chi connectivity index (χ0) is 28.8. The van der Waals surface area contributed by atoms with E-state index in [-0.39, 0.29) is 31.8 Å². The zero-order valence-electron chi connectivity index (χ0n) is 20.3. The molecule has 210 valence electrons. The fourth-order valence-corrected chi connectivity index (χ4v) is 3.10. The van der Waals surface area contributed by atoms with E-state index in [0.29, 0.717) is 5.69 Å². The van der Waals surface area contributed by atoms with Crippen molar-refractivity contribution < 1.29 is 39.0 Å². The van der Waals surface area contributed by atoms with E-state index in [4.69, 9.17) is 28.0 Å². The molecule has 1 heterocycles. The van der Waals surface area contributed by atoms with Crippen molar-refractivity contribution in [3.63, 3.8) is 0 Å². The second kappa shape index (κ2) is 15.4. The molecule has 0 spiro atoms. The second-order valence-electron chi connectivity index (χ2n) is 8.13.